The van der Waals surface area contributed by atoms with Gasteiger partial charge in [-0.15, -0.1) is 11.3 Å². The summed E-state index contributed by atoms with van der Waals surface area (Å²) >= 11 is 1.02. The zero-order valence-electron chi connectivity index (χ0n) is 17.2. The van der Waals surface area contributed by atoms with Gasteiger partial charge in [0.15, 0.2) is 20.4 Å². The van der Waals surface area contributed by atoms with E-state index in [0.29, 0.717) is 18.6 Å². The number of sulfone groups is 1. The number of para-hydroxylation sites is 1. The molecule has 4 rings (SSSR count). The van der Waals surface area contributed by atoms with Crippen LogP contribution in [0.2, 0.25) is 0 Å². The summed E-state index contributed by atoms with van der Waals surface area (Å²) in [5.41, 5.74) is -1.54. The van der Waals surface area contributed by atoms with Crippen molar-refractivity contribution < 1.29 is 22.3 Å². The van der Waals surface area contributed by atoms with Crippen LogP contribution in [0.25, 0.3) is 0 Å². The van der Waals surface area contributed by atoms with Crippen LogP contribution in [0.15, 0.2) is 41.8 Å². The van der Waals surface area contributed by atoms with Crippen molar-refractivity contribution in [2.45, 2.75) is 50.2 Å². The molecule has 1 atom stereocenters. The molecule has 0 saturated heterocycles. The fourth-order valence-corrected chi connectivity index (χ4v) is 5.17. The molecule has 0 radical (unpaired) electrons. The maximum absolute atomic E-state index is 15.4. The van der Waals surface area contributed by atoms with Crippen LogP contribution in [-0.2, 0) is 15.5 Å². The van der Waals surface area contributed by atoms with E-state index in [9.17, 15) is 13.2 Å². The molecule has 1 aromatic carbocycles. The number of carbonyl (C=O) groups is 1. The Morgan fingerprint density at radius 3 is 2.58 bits per heavy atom. The van der Waals surface area contributed by atoms with Crippen molar-refractivity contribution in [3.8, 4) is 11.6 Å². The molecule has 2 aliphatic carbocycles. The molecule has 1 amide bonds. The van der Waals surface area contributed by atoms with E-state index >= 15 is 4.39 Å². The highest BCUT2D eigenvalue weighted by atomic mass is 32.2. The molecule has 9 heteroatoms. The molecule has 166 valence electrons. The smallest absolute Gasteiger partial charge is 0.267 e. The SMILES string of the molecule is CS(=O)(=O)/C=C/[C@@H](NC(=O)c1sc(C2(F)CCCC2)nc1Oc1ccccc1)C1CC1. The van der Waals surface area contributed by atoms with E-state index < -0.39 is 27.5 Å². The van der Waals surface area contributed by atoms with Crippen LogP contribution in [0.4, 0.5) is 4.39 Å². The molecule has 0 unspecified atom stereocenters. The zero-order valence-corrected chi connectivity index (χ0v) is 18.8. The number of thiazole rings is 1. The predicted molar refractivity (Wildman–Crippen MR) is 118 cm³/mol. The van der Waals surface area contributed by atoms with Gasteiger partial charge >= 0.3 is 0 Å². The number of rotatable bonds is 8. The standard InChI is InChI=1S/C22H25FN2O4S2/c1-31(27,28)14-11-17(15-9-10-15)24-19(26)18-20(29-16-7-3-2-4-8-16)25-21(30-18)22(23)12-5-6-13-22/h2-4,7-8,11,14-15,17H,5-6,9-10,12-13H2,1H3,(H,24,26)/b14-11+/t17-/m1/s1. The number of ether oxygens (including phenoxy) is 1. The first kappa shape index (κ1) is 22.0. The fraction of sp³-hybridized carbons (Fsp3) is 0.455. The van der Waals surface area contributed by atoms with Gasteiger partial charge < -0.3 is 10.1 Å². The lowest BCUT2D eigenvalue weighted by molar-refractivity contribution is 0.0942. The van der Waals surface area contributed by atoms with E-state index in [0.717, 1.165) is 48.7 Å². The van der Waals surface area contributed by atoms with Crippen LogP contribution >= 0.6 is 11.3 Å². The van der Waals surface area contributed by atoms with Crippen molar-refractivity contribution in [1.29, 1.82) is 0 Å². The Labute approximate surface area is 185 Å². The van der Waals surface area contributed by atoms with Crippen molar-refractivity contribution in [3.63, 3.8) is 0 Å². The van der Waals surface area contributed by atoms with E-state index in [1.165, 1.54) is 6.08 Å². The summed E-state index contributed by atoms with van der Waals surface area (Å²) in [4.78, 5) is 17.7. The van der Waals surface area contributed by atoms with Gasteiger partial charge in [0.25, 0.3) is 5.91 Å². The number of amides is 1. The molecule has 2 aliphatic rings. The number of halogens is 1. The number of nitrogens with one attached hydrogen (secondary N) is 1. The Hall–Kier alpha value is -2.26. The Morgan fingerprint density at radius 1 is 1.29 bits per heavy atom. The maximum atomic E-state index is 15.4. The normalized spacial score (nSPS) is 19.4. The van der Waals surface area contributed by atoms with Crippen molar-refractivity contribution in [2.24, 2.45) is 5.92 Å². The maximum Gasteiger partial charge on any atom is 0.267 e. The Bertz CT molecular complexity index is 1070. The Kier molecular flexibility index (Phi) is 6.16. The summed E-state index contributed by atoms with van der Waals surface area (Å²) < 4.78 is 44.2. The Balaban J connectivity index is 1.62. The van der Waals surface area contributed by atoms with E-state index in [1.54, 1.807) is 24.3 Å². The number of hydrogen-bond donors (Lipinski definition) is 1. The lowest BCUT2D eigenvalue weighted by atomic mass is 10.1. The minimum absolute atomic E-state index is 0.0780. The number of carbonyl (C=O) groups excluding carboxylic acids is 1. The van der Waals surface area contributed by atoms with E-state index in [1.807, 2.05) is 6.07 Å². The third-order valence-electron chi connectivity index (χ3n) is 5.50. The average molecular weight is 465 g/mol. The third-order valence-corrected chi connectivity index (χ3v) is 7.37. The second kappa shape index (κ2) is 8.70. The first-order chi connectivity index (χ1) is 14.7. The van der Waals surface area contributed by atoms with Crippen LogP contribution in [0, 0.1) is 5.92 Å². The lowest BCUT2D eigenvalue weighted by Gasteiger charge is -2.15. The quantitative estimate of drug-likeness (QED) is 0.610. The molecule has 2 aromatic rings. The number of nitrogens with zero attached hydrogens (tertiary/aromatic N) is 1. The number of aromatic nitrogens is 1. The van der Waals surface area contributed by atoms with Crippen molar-refractivity contribution in [2.75, 3.05) is 6.26 Å². The first-order valence-corrected chi connectivity index (χ1v) is 13.1. The summed E-state index contributed by atoms with van der Waals surface area (Å²) in [5, 5.41) is 4.26. The number of hydrogen-bond acceptors (Lipinski definition) is 6. The number of benzene rings is 1. The van der Waals surface area contributed by atoms with Crippen molar-refractivity contribution in [1.82, 2.24) is 10.3 Å². The number of alkyl halides is 1. The summed E-state index contributed by atoms with van der Waals surface area (Å²) in [6.45, 7) is 0. The highest BCUT2D eigenvalue weighted by molar-refractivity contribution is 7.93. The monoisotopic (exact) mass is 464 g/mol. The summed E-state index contributed by atoms with van der Waals surface area (Å²) in [5.74, 6) is 0.333. The molecular weight excluding hydrogens is 439 g/mol. The van der Waals surface area contributed by atoms with Gasteiger partial charge in [0.05, 0.1) is 6.04 Å². The Morgan fingerprint density at radius 2 is 1.97 bits per heavy atom. The van der Waals surface area contributed by atoms with Gasteiger partial charge in [-0.25, -0.2) is 17.8 Å². The molecule has 2 fully saturated rings. The van der Waals surface area contributed by atoms with Crippen LogP contribution in [0.5, 0.6) is 11.6 Å². The summed E-state index contributed by atoms with van der Waals surface area (Å²) in [6.07, 6.45) is 6.78. The molecule has 1 aromatic heterocycles. The van der Waals surface area contributed by atoms with Crippen LogP contribution in [-0.4, -0.2) is 31.6 Å². The van der Waals surface area contributed by atoms with E-state index in [-0.39, 0.29) is 21.7 Å². The van der Waals surface area contributed by atoms with E-state index in [4.69, 9.17) is 4.74 Å². The van der Waals surface area contributed by atoms with Gasteiger partial charge in [0.1, 0.15) is 10.8 Å². The molecule has 2 saturated carbocycles. The van der Waals surface area contributed by atoms with E-state index in [2.05, 4.69) is 10.3 Å². The molecule has 0 bridgehead atoms. The molecule has 0 aliphatic heterocycles. The van der Waals surface area contributed by atoms with Gasteiger partial charge in [-0.2, -0.15) is 0 Å². The largest absolute Gasteiger partial charge is 0.437 e. The summed E-state index contributed by atoms with van der Waals surface area (Å²) in [6, 6.07) is 8.51. The summed E-state index contributed by atoms with van der Waals surface area (Å²) in [7, 11) is -3.31. The first-order valence-electron chi connectivity index (χ1n) is 10.4. The fourth-order valence-electron chi connectivity index (χ4n) is 3.68. The van der Waals surface area contributed by atoms with Gasteiger partial charge in [0.2, 0.25) is 5.88 Å². The van der Waals surface area contributed by atoms with Crippen LogP contribution < -0.4 is 10.1 Å². The third kappa shape index (κ3) is 5.51. The van der Waals surface area contributed by atoms with Gasteiger partial charge in [-0.1, -0.05) is 24.3 Å². The minimum atomic E-state index is -3.31. The highest BCUT2D eigenvalue weighted by Crippen LogP contribution is 2.46. The highest BCUT2D eigenvalue weighted by Gasteiger charge is 2.41. The van der Waals surface area contributed by atoms with Crippen molar-refractivity contribution in [3.05, 3.63) is 51.7 Å². The zero-order chi connectivity index (χ0) is 22.1. The lowest BCUT2D eigenvalue weighted by Crippen LogP contribution is -2.34. The molecule has 1 heterocycles. The average Bonchev–Trinajstić information content (AvgIpc) is 3.32. The predicted octanol–water partition coefficient (Wildman–Crippen LogP) is 4.74. The minimum Gasteiger partial charge on any atom is -0.437 e. The van der Waals surface area contributed by atoms with Crippen molar-refractivity contribution >= 4 is 27.1 Å². The molecular formula is C22H25FN2O4S2. The molecule has 6 nitrogen and oxygen atoms in total. The van der Waals surface area contributed by atoms with Crippen LogP contribution in [0.3, 0.4) is 0 Å². The molecule has 1 N–H and O–H groups in total. The van der Waals surface area contributed by atoms with Gasteiger partial charge in [-0.3, -0.25) is 4.79 Å². The molecule has 0 spiro atoms. The second-order valence-electron chi connectivity index (χ2n) is 8.24. The van der Waals surface area contributed by atoms with Gasteiger partial charge in [0, 0.05) is 11.7 Å². The van der Waals surface area contributed by atoms with Crippen LogP contribution in [0.1, 0.15) is 53.2 Å². The molecule has 31 heavy (non-hydrogen) atoms. The second-order valence-corrected chi connectivity index (χ2v) is 11.2. The van der Waals surface area contributed by atoms with Gasteiger partial charge in [-0.05, 0) is 56.6 Å². The topological polar surface area (TPSA) is 85.4 Å².